The molecule has 0 bridgehead atoms. The average Bonchev–Trinajstić information content (AvgIpc) is 2.97. The van der Waals surface area contributed by atoms with Crippen LogP contribution in [0, 0.1) is 10.7 Å². The molecule has 0 radical (unpaired) electrons. The summed E-state index contributed by atoms with van der Waals surface area (Å²) in [5.74, 6) is 1.23. The van der Waals surface area contributed by atoms with Crippen molar-refractivity contribution in [3.63, 3.8) is 0 Å². The first-order valence-electron chi connectivity index (χ1n) is 8.68. The van der Waals surface area contributed by atoms with Crippen LogP contribution in [0.25, 0.3) is 11.4 Å². The number of aromatic nitrogens is 3. The van der Waals surface area contributed by atoms with E-state index in [4.69, 9.17) is 23.8 Å². The molecule has 1 heterocycles. The van der Waals surface area contributed by atoms with Gasteiger partial charge >= 0.3 is 0 Å². The van der Waals surface area contributed by atoms with Gasteiger partial charge in [-0.15, -0.1) is 0 Å². The van der Waals surface area contributed by atoms with Gasteiger partial charge < -0.3 is 4.90 Å². The molecule has 2 rings (SSSR count). The van der Waals surface area contributed by atoms with Crippen molar-refractivity contribution in [2.24, 2.45) is 5.92 Å². The van der Waals surface area contributed by atoms with Gasteiger partial charge in [-0.3, -0.25) is 14.5 Å². The molecule has 25 heavy (non-hydrogen) atoms. The van der Waals surface area contributed by atoms with E-state index in [9.17, 15) is 4.79 Å². The van der Waals surface area contributed by atoms with Crippen molar-refractivity contribution >= 4 is 29.7 Å². The molecule has 0 aliphatic heterocycles. The Morgan fingerprint density at radius 2 is 1.92 bits per heavy atom. The van der Waals surface area contributed by atoms with Crippen LogP contribution in [-0.4, -0.2) is 38.7 Å². The summed E-state index contributed by atoms with van der Waals surface area (Å²) in [6.45, 7) is 7.99. The van der Waals surface area contributed by atoms with Crippen LogP contribution < -0.4 is 0 Å². The minimum atomic E-state index is 0.0575. The normalized spacial score (nSPS) is 11.1. The maximum absolute atomic E-state index is 12.8. The highest BCUT2D eigenvalue weighted by Crippen LogP contribution is 2.20. The zero-order valence-electron chi connectivity index (χ0n) is 15.0. The lowest BCUT2D eigenvalue weighted by molar-refractivity contribution is -0.132. The second kappa shape index (κ2) is 9.15. The number of likely N-dealkylation sites (N-methyl/N-ethyl adjacent to an activating group) is 1. The maximum atomic E-state index is 12.8. The highest BCUT2D eigenvalue weighted by Gasteiger charge is 2.19. The Morgan fingerprint density at radius 3 is 2.48 bits per heavy atom. The van der Waals surface area contributed by atoms with E-state index in [0.29, 0.717) is 28.1 Å². The second-order valence-corrected chi connectivity index (χ2v) is 6.88. The number of hydrogen-bond acceptors (Lipinski definition) is 3. The number of nitrogens with one attached hydrogen (secondary N) is 1. The van der Waals surface area contributed by atoms with Crippen LogP contribution in [-0.2, 0) is 11.3 Å². The lowest BCUT2D eigenvalue weighted by atomic mass is 10.0. The van der Waals surface area contributed by atoms with Crippen LogP contribution in [0.4, 0.5) is 0 Å². The highest BCUT2D eigenvalue weighted by atomic mass is 35.5. The molecule has 1 amide bonds. The number of aromatic amines is 1. The van der Waals surface area contributed by atoms with Crippen LogP contribution in [0.1, 0.15) is 33.6 Å². The number of H-pyrrole nitrogens is 1. The Morgan fingerprint density at radius 1 is 1.28 bits per heavy atom. The molecule has 0 aliphatic rings. The quantitative estimate of drug-likeness (QED) is 0.683. The van der Waals surface area contributed by atoms with Crippen molar-refractivity contribution in [2.45, 2.75) is 40.2 Å². The molecule has 1 N–H and O–H groups in total. The Kier molecular flexibility index (Phi) is 7.20. The number of rotatable bonds is 8. The Balaban J connectivity index is 2.21. The predicted octanol–water partition coefficient (Wildman–Crippen LogP) is 4.55. The molecule has 2 aromatic rings. The van der Waals surface area contributed by atoms with Gasteiger partial charge in [0, 0.05) is 23.7 Å². The molecule has 7 heteroatoms. The van der Waals surface area contributed by atoms with Gasteiger partial charge in [0.15, 0.2) is 10.6 Å². The molecule has 0 saturated carbocycles. The standard InChI is InChI=1S/C18H25ClN4OS/c1-4-13(5-2)11-22(6-3)16(24)12-23-17(20-21-18(23)25)14-7-9-15(19)10-8-14/h7-10,13H,4-6,11-12H2,1-3H3,(H,21,25). The molecular weight excluding hydrogens is 356 g/mol. The topological polar surface area (TPSA) is 53.9 Å². The van der Waals surface area contributed by atoms with Crippen molar-refractivity contribution in [2.75, 3.05) is 13.1 Å². The van der Waals surface area contributed by atoms with E-state index in [0.717, 1.165) is 24.9 Å². The van der Waals surface area contributed by atoms with E-state index in [1.54, 1.807) is 16.7 Å². The lowest BCUT2D eigenvalue weighted by Gasteiger charge is -2.25. The number of halogens is 1. The molecule has 0 unspecified atom stereocenters. The molecule has 0 spiro atoms. The molecule has 0 saturated heterocycles. The van der Waals surface area contributed by atoms with Crippen molar-refractivity contribution in [3.8, 4) is 11.4 Å². The van der Waals surface area contributed by atoms with Gasteiger partial charge in [0.2, 0.25) is 5.91 Å². The van der Waals surface area contributed by atoms with E-state index in [2.05, 4.69) is 24.0 Å². The van der Waals surface area contributed by atoms with Crippen molar-refractivity contribution in [1.29, 1.82) is 0 Å². The number of carbonyl (C=O) groups excluding carboxylic acids is 1. The van der Waals surface area contributed by atoms with E-state index in [1.807, 2.05) is 24.0 Å². The maximum Gasteiger partial charge on any atom is 0.242 e. The van der Waals surface area contributed by atoms with Gasteiger partial charge in [0.1, 0.15) is 6.54 Å². The molecule has 1 aromatic heterocycles. The van der Waals surface area contributed by atoms with Gasteiger partial charge in [-0.1, -0.05) is 38.3 Å². The van der Waals surface area contributed by atoms with E-state index in [-0.39, 0.29) is 12.5 Å². The molecular formula is C18H25ClN4OS. The fourth-order valence-corrected chi connectivity index (χ4v) is 3.11. The second-order valence-electron chi connectivity index (χ2n) is 6.06. The van der Waals surface area contributed by atoms with Crippen molar-refractivity contribution in [1.82, 2.24) is 19.7 Å². The minimum Gasteiger partial charge on any atom is -0.341 e. The molecule has 0 atom stereocenters. The first kappa shape index (κ1) is 19.7. The first-order chi connectivity index (χ1) is 12.0. The molecule has 5 nitrogen and oxygen atoms in total. The fourth-order valence-electron chi connectivity index (χ4n) is 2.78. The molecule has 0 aliphatic carbocycles. The third kappa shape index (κ3) is 4.92. The van der Waals surface area contributed by atoms with Gasteiger partial charge in [-0.2, -0.15) is 5.10 Å². The van der Waals surface area contributed by atoms with Crippen LogP contribution in [0.15, 0.2) is 24.3 Å². The van der Waals surface area contributed by atoms with Gasteiger partial charge in [0.05, 0.1) is 0 Å². The zero-order valence-corrected chi connectivity index (χ0v) is 16.5. The van der Waals surface area contributed by atoms with Crippen LogP contribution in [0.5, 0.6) is 0 Å². The average molecular weight is 381 g/mol. The number of carbonyl (C=O) groups is 1. The highest BCUT2D eigenvalue weighted by molar-refractivity contribution is 7.71. The van der Waals surface area contributed by atoms with Crippen LogP contribution >= 0.6 is 23.8 Å². The first-order valence-corrected chi connectivity index (χ1v) is 9.47. The summed E-state index contributed by atoms with van der Waals surface area (Å²) in [6.07, 6.45) is 2.14. The molecule has 0 fully saturated rings. The molecule has 136 valence electrons. The lowest BCUT2D eigenvalue weighted by Crippen LogP contribution is -2.37. The van der Waals surface area contributed by atoms with Crippen LogP contribution in [0.2, 0.25) is 5.02 Å². The summed E-state index contributed by atoms with van der Waals surface area (Å²) in [5, 5.41) is 7.72. The van der Waals surface area contributed by atoms with Gasteiger partial charge in [0.25, 0.3) is 0 Å². The summed E-state index contributed by atoms with van der Waals surface area (Å²) < 4.78 is 2.19. The SMILES string of the molecule is CCC(CC)CN(CC)C(=O)Cn1c(-c2ccc(Cl)cc2)n[nH]c1=S. The van der Waals surface area contributed by atoms with Crippen molar-refractivity contribution < 1.29 is 4.79 Å². The van der Waals surface area contributed by atoms with Gasteiger partial charge in [-0.05, 0) is 49.3 Å². The number of benzene rings is 1. The smallest absolute Gasteiger partial charge is 0.242 e. The van der Waals surface area contributed by atoms with Gasteiger partial charge in [-0.25, -0.2) is 0 Å². The predicted molar refractivity (Wildman–Crippen MR) is 104 cm³/mol. The summed E-state index contributed by atoms with van der Waals surface area (Å²) in [7, 11) is 0. The summed E-state index contributed by atoms with van der Waals surface area (Å²) in [6, 6.07) is 7.34. The summed E-state index contributed by atoms with van der Waals surface area (Å²) in [5.41, 5.74) is 0.868. The van der Waals surface area contributed by atoms with E-state index >= 15 is 0 Å². The third-order valence-corrected chi connectivity index (χ3v) is 5.09. The van der Waals surface area contributed by atoms with Crippen molar-refractivity contribution in [3.05, 3.63) is 34.1 Å². The van der Waals surface area contributed by atoms with E-state index in [1.165, 1.54) is 0 Å². The van der Waals surface area contributed by atoms with E-state index < -0.39 is 0 Å². The number of hydrogen-bond donors (Lipinski definition) is 1. The minimum absolute atomic E-state index is 0.0575. The number of nitrogens with zero attached hydrogens (tertiary/aromatic N) is 3. The zero-order chi connectivity index (χ0) is 18.4. The monoisotopic (exact) mass is 380 g/mol. The fraction of sp³-hybridized carbons (Fsp3) is 0.500. The Labute approximate surface area is 159 Å². The summed E-state index contributed by atoms with van der Waals surface area (Å²) in [4.78, 5) is 14.7. The number of amides is 1. The largest absolute Gasteiger partial charge is 0.341 e. The summed E-state index contributed by atoms with van der Waals surface area (Å²) >= 11 is 11.3. The third-order valence-electron chi connectivity index (χ3n) is 4.52. The molecule has 1 aromatic carbocycles. The Bertz CT molecular complexity index is 749. The Hall–Kier alpha value is -1.66. The van der Waals surface area contributed by atoms with Crippen LogP contribution in [0.3, 0.4) is 0 Å².